The molecule has 1 aromatic heterocycles. The number of benzene rings is 2. The number of anilines is 1. The van der Waals surface area contributed by atoms with Crippen LogP contribution >= 0.6 is 0 Å². The second kappa shape index (κ2) is 6.68. The van der Waals surface area contributed by atoms with Crippen molar-refractivity contribution in [3.63, 3.8) is 0 Å². The molecule has 3 nitrogen and oxygen atoms in total. The van der Waals surface area contributed by atoms with Gasteiger partial charge in [-0.3, -0.25) is 9.78 Å². The van der Waals surface area contributed by atoms with Gasteiger partial charge in [0, 0.05) is 17.6 Å². The Hall–Kier alpha value is -2.94. The van der Waals surface area contributed by atoms with Crippen molar-refractivity contribution in [2.45, 2.75) is 6.42 Å². The molecule has 0 unspecified atom stereocenters. The Bertz CT molecular complexity index is 737. The molecule has 0 bridgehead atoms. The van der Waals surface area contributed by atoms with Crippen molar-refractivity contribution in [2.24, 2.45) is 0 Å². The quantitative estimate of drug-likeness (QED) is 0.790. The number of pyridine rings is 1. The maximum atomic E-state index is 12.0. The molecule has 0 saturated carbocycles. The molecule has 22 heavy (non-hydrogen) atoms. The number of nitrogens with one attached hydrogen (secondary N) is 1. The molecule has 108 valence electrons. The van der Waals surface area contributed by atoms with Gasteiger partial charge in [-0.2, -0.15) is 0 Å². The molecule has 0 aliphatic rings. The van der Waals surface area contributed by atoms with Crippen molar-refractivity contribution in [1.82, 2.24) is 4.98 Å². The number of carbonyl (C=O) groups excluding carboxylic acids is 1. The first-order chi connectivity index (χ1) is 10.8. The van der Waals surface area contributed by atoms with Gasteiger partial charge in [-0.15, -0.1) is 0 Å². The molecule has 0 saturated heterocycles. The SMILES string of the molecule is O=C(Cc1ccccn1)Nc1ccc(-c2ccccc2)cc1. The van der Waals surface area contributed by atoms with Crippen LogP contribution in [0.25, 0.3) is 11.1 Å². The lowest BCUT2D eigenvalue weighted by atomic mass is 10.1. The molecule has 1 heterocycles. The molecule has 3 heteroatoms. The summed E-state index contributed by atoms with van der Waals surface area (Å²) in [6.45, 7) is 0. The van der Waals surface area contributed by atoms with E-state index in [4.69, 9.17) is 0 Å². The molecule has 0 aliphatic heterocycles. The minimum atomic E-state index is -0.0637. The molecule has 0 spiro atoms. The number of amides is 1. The summed E-state index contributed by atoms with van der Waals surface area (Å²) in [6, 6.07) is 23.6. The average Bonchev–Trinajstić information content (AvgIpc) is 2.57. The Balaban J connectivity index is 1.65. The van der Waals surface area contributed by atoms with Gasteiger partial charge in [0.1, 0.15) is 0 Å². The van der Waals surface area contributed by atoms with Crippen LogP contribution in [0.15, 0.2) is 79.0 Å². The van der Waals surface area contributed by atoms with Gasteiger partial charge < -0.3 is 5.32 Å². The summed E-state index contributed by atoms with van der Waals surface area (Å²) in [5, 5.41) is 2.89. The minimum absolute atomic E-state index is 0.0637. The average molecular weight is 288 g/mol. The van der Waals surface area contributed by atoms with Crippen LogP contribution < -0.4 is 5.32 Å². The maximum absolute atomic E-state index is 12.0. The van der Waals surface area contributed by atoms with Gasteiger partial charge in [-0.1, -0.05) is 48.5 Å². The van der Waals surface area contributed by atoms with E-state index in [0.29, 0.717) is 0 Å². The molecule has 1 N–H and O–H groups in total. The van der Waals surface area contributed by atoms with Crippen LogP contribution in [-0.4, -0.2) is 10.9 Å². The smallest absolute Gasteiger partial charge is 0.230 e. The lowest BCUT2D eigenvalue weighted by Crippen LogP contribution is -2.14. The molecule has 3 aromatic rings. The third-order valence-corrected chi connectivity index (χ3v) is 3.34. The van der Waals surface area contributed by atoms with Gasteiger partial charge >= 0.3 is 0 Å². The lowest BCUT2D eigenvalue weighted by Gasteiger charge is -2.07. The van der Waals surface area contributed by atoms with Crippen LogP contribution in [-0.2, 0) is 11.2 Å². The van der Waals surface area contributed by atoms with Gasteiger partial charge in [-0.05, 0) is 35.4 Å². The molecule has 2 aromatic carbocycles. The maximum Gasteiger partial charge on any atom is 0.230 e. The fourth-order valence-electron chi connectivity index (χ4n) is 2.25. The van der Waals surface area contributed by atoms with Crippen molar-refractivity contribution in [2.75, 3.05) is 5.32 Å². The second-order valence-electron chi connectivity index (χ2n) is 4.99. The highest BCUT2D eigenvalue weighted by Crippen LogP contribution is 2.21. The molecular weight excluding hydrogens is 272 g/mol. The van der Waals surface area contributed by atoms with Gasteiger partial charge in [0.15, 0.2) is 0 Å². The van der Waals surface area contributed by atoms with Crippen molar-refractivity contribution >= 4 is 11.6 Å². The number of hydrogen-bond acceptors (Lipinski definition) is 2. The zero-order chi connectivity index (χ0) is 15.2. The predicted molar refractivity (Wildman–Crippen MR) is 88.4 cm³/mol. The molecule has 0 aliphatic carbocycles. The van der Waals surface area contributed by atoms with Gasteiger partial charge in [0.25, 0.3) is 0 Å². The third-order valence-electron chi connectivity index (χ3n) is 3.34. The lowest BCUT2D eigenvalue weighted by molar-refractivity contribution is -0.115. The van der Waals surface area contributed by atoms with Gasteiger partial charge in [0.2, 0.25) is 5.91 Å². The Morgan fingerprint density at radius 3 is 2.18 bits per heavy atom. The van der Waals surface area contributed by atoms with E-state index in [1.807, 2.05) is 60.7 Å². The number of nitrogens with zero attached hydrogens (tertiary/aromatic N) is 1. The Kier molecular flexibility index (Phi) is 4.25. The van der Waals surface area contributed by atoms with Crippen LogP contribution in [0, 0.1) is 0 Å². The summed E-state index contributed by atoms with van der Waals surface area (Å²) >= 11 is 0. The van der Waals surface area contributed by atoms with Crippen molar-refractivity contribution in [3.8, 4) is 11.1 Å². The first kappa shape index (κ1) is 14.0. The highest BCUT2D eigenvalue weighted by atomic mass is 16.1. The minimum Gasteiger partial charge on any atom is -0.326 e. The zero-order valence-electron chi connectivity index (χ0n) is 12.1. The monoisotopic (exact) mass is 288 g/mol. The highest BCUT2D eigenvalue weighted by molar-refractivity contribution is 5.92. The molecular formula is C19H16N2O. The van der Waals surface area contributed by atoms with Crippen molar-refractivity contribution in [3.05, 3.63) is 84.7 Å². The van der Waals surface area contributed by atoms with E-state index in [1.165, 1.54) is 0 Å². The molecule has 0 radical (unpaired) electrons. The second-order valence-corrected chi connectivity index (χ2v) is 4.99. The summed E-state index contributed by atoms with van der Waals surface area (Å²) in [7, 11) is 0. The molecule has 0 atom stereocenters. The first-order valence-electron chi connectivity index (χ1n) is 7.16. The number of carbonyl (C=O) groups is 1. The summed E-state index contributed by atoms with van der Waals surface area (Å²) < 4.78 is 0. The largest absolute Gasteiger partial charge is 0.326 e. The fraction of sp³-hybridized carbons (Fsp3) is 0.0526. The van der Waals surface area contributed by atoms with Crippen molar-refractivity contribution < 1.29 is 4.79 Å². The van der Waals surface area contributed by atoms with E-state index in [2.05, 4.69) is 22.4 Å². The Morgan fingerprint density at radius 2 is 1.50 bits per heavy atom. The topological polar surface area (TPSA) is 42.0 Å². The summed E-state index contributed by atoms with van der Waals surface area (Å²) in [5.74, 6) is -0.0637. The standard InChI is InChI=1S/C19H16N2O/c22-19(14-18-8-4-5-13-20-18)21-17-11-9-16(10-12-17)15-6-2-1-3-7-15/h1-13H,14H2,(H,21,22). The van der Waals surface area contributed by atoms with E-state index in [0.717, 1.165) is 22.5 Å². The summed E-state index contributed by atoms with van der Waals surface area (Å²) in [6.07, 6.45) is 1.97. The van der Waals surface area contributed by atoms with E-state index < -0.39 is 0 Å². The summed E-state index contributed by atoms with van der Waals surface area (Å²) in [5.41, 5.74) is 3.85. The Morgan fingerprint density at radius 1 is 0.818 bits per heavy atom. The van der Waals surface area contributed by atoms with Crippen LogP contribution in [0.5, 0.6) is 0 Å². The van der Waals surface area contributed by atoms with Crippen LogP contribution in [0.2, 0.25) is 0 Å². The third kappa shape index (κ3) is 3.58. The normalized spacial score (nSPS) is 10.2. The molecule has 0 fully saturated rings. The number of rotatable bonds is 4. The summed E-state index contributed by atoms with van der Waals surface area (Å²) in [4.78, 5) is 16.1. The molecule has 3 rings (SSSR count). The van der Waals surface area contributed by atoms with E-state index >= 15 is 0 Å². The van der Waals surface area contributed by atoms with Gasteiger partial charge in [0.05, 0.1) is 6.42 Å². The molecule has 1 amide bonds. The number of aromatic nitrogens is 1. The van der Waals surface area contributed by atoms with Gasteiger partial charge in [-0.25, -0.2) is 0 Å². The highest BCUT2D eigenvalue weighted by Gasteiger charge is 2.05. The predicted octanol–water partition coefficient (Wildman–Crippen LogP) is 3.93. The zero-order valence-corrected chi connectivity index (χ0v) is 12.1. The van der Waals surface area contributed by atoms with Crippen molar-refractivity contribution in [1.29, 1.82) is 0 Å². The van der Waals surface area contributed by atoms with E-state index in [1.54, 1.807) is 6.20 Å². The van der Waals surface area contributed by atoms with Crippen LogP contribution in [0.1, 0.15) is 5.69 Å². The van der Waals surface area contributed by atoms with Crippen LogP contribution in [0.4, 0.5) is 5.69 Å². The first-order valence-corrected chi connectivity index (χ1v) is 7.16. The fourth-order valence-corrected chi connectivity index (χ4v) is 2.25. The van der Waals surface area contributed by atoms with Crippen LogP contribution in [0.3, 0.4) is 0 Å². The Labute approximate surface area is 129 Å². The van der Waals surface area contributed by atoms with E-state index in [-0.39, 0.29) is 12.3 Å². The van der Waals surface area contributed by atoms with E-state index in [9.17, 15) is 4.79 Å². The number of hydrogen-bond donors (Lipinski definition) is 1.